The predicted molar refractivity (Wildman–Crippen MR) is 57.8 cm³/mol. The molecule has 0 aromatic carbocycles. The van der Waals surface area contributed by atoms with Gasteiger partial charge in [-0.3, -0.25) is 0 Å². The molecule has 1 rings (SSSR count). The molecule has 1 aliphatic carbocycles. The molecule has 0 spiro atoms. The molecule has 0 heterocycles. The molecule has 1 aliphatic rings. The molecule has 0 radical (unpaired) electrons. The first-order valence-electron chi connectivity index (χ1n) is 4.63. The van der Waals surface area contributed by atoms with Gasteiger partial charge in [0.15, 0.2) is 0 Å². The number of rotatable bonds is 4. The molecule has 0 aromatic heterocycles. The molecule has 1 saturated carbocycles. The normalized spacial score (nSPS) is 29.2. The summed E-state index contributed by atoms with van der Waals surface area (Å²) in [7, 11) is 0. The molecule has 2 heteroatoms. The van der Waals surface area contributed by atoms with Crippen LogP contribution >= 0.6 is 11.8 Å². The topological polar surface area (TPSA) is 12.0 Å². The van der Waals surface area contributed by atoms with Crippen LogP contribution in [0, 0.1) is 0 Å². The lowest BCUT2D eigenvalue weighted by Crippen LogP contribution is -2.27. The van der Waals surface area contributed by atoms with Gasteiger partial charge in [0.05, 0.1) is 0 Å². The zero-order chi connectivity index (χ0) is 8.97. The van der Waals surface area contributed by atoms with E-state index in [2.05, 4.69) is 25.1 Å². The van der Waals surface area contributed by atoms with Gasteiger partial charge in [-0.25, -0.2) is 0 Å². The van der Waals surface area contributed by atoms with E-state index in [0.29, 0.717) is 0 Å². The first-order valence-corrected chi connectivity index (χ1v) is 5.91. The summed E-state index contributed by atoms with van der Waals surface area (Å²) < 4.78 is 0. The maximum atomic E-state index is 3.89. The van der Waals surface area contributed by atoms with E-state index in [-0.39, 0.29) is 0 Å². The highest BCUT2D eigenvalue weighted by Gasteiger charge is 2.22. The second-order valence-electron chi connectivity index (χ2n) is 3.71. The molecule has 1 nitrogen and oxygen atoms in total. The van der Waals surface area contributed by atoms with Crippen molar-refractivity contribution in [2.45, 2.75) is 37.5 Å². The van der Waals surface area contributed by atoms with Gasteiger partial charge in [-0.05, 0) is 32.4 Å². The Morgan fingerprint density at radius 2 is 2.33 bits per heavy atom. The van der Waals surface area contributed by atoms with Crippen molar-refractivity contribution >= 4 is 11.8 Å². The predicted octanol–water partition coefficient (Wildman–Crippen LogP) is 2.44. The average molecular weight is 185 g/mol. The molecule has 1 fully saturated rings. The minimum absolute atomic E-state index is 0.749. The number of nitrogens with one attached hydrogen (secondary N) is 1. The summed E-state index contributed by atoms with van der Waals surface area (Å²) in [5.74, 6) is 0. The summed E-state index contributed by atoms with van der Waals surface area (Å²) in [5.41, 5.74) is 1.24. The van der Waals surface area contributed by atoms with E-state index in [1.165, 1.54) is 24.8 Å². The van der Waals surface area contributed by atoms with Crippen LogP contribution in [0.5, 0.6) is 0 Å². The van der Waals surface area contributed by atoms with Crippen molar-refractivity contribution in [3.63, 3.8) is 0 Å². The van der Waals surface area contributed by atoms with E-state index in [0.717, 1.165) is 17.8 Å². The second kappa shape index (κ2) is 4.93. The molecule has 70 valence electrons. The first kappa shape index (κ1) is 10.1. The van der Waals surface area contributed by atoms with Crippen molar-refractivity contribution in [1.29, 1.82) is 0 Å². The van der Waals surface area contributed by atoms with Crippen molar-refractivity contribution in [3.8, 4) is 0 Å². The Morgan fingerprint density at radius 1 is 1.58 bits per heavy atom. The molecule has 2 atom stereocenters. The Balaban J connectivity index is 2.15. The fourth-order valence-electron chi connectivity index (χ4n) is 1.66. The van der Waals surface area contributed by atoms with Crippen molar-refractivity contribution in [2.75, 3.05) is 12.8 Å². The monoisotopic (exact) mass is 185 g/mol. The summed E-state index contributed by atoms with van der Waals surface area (Å²) in [5, 5.41) is 4.43. The Morgan fingerprint density at radius 3 is 2.83 bits per heavy atom. The van der Waals surface area contributed by atoms with Crippen LogP contribution in [0.15, 0.2) is 12.2 Å². The summed E-state index contributed by atoms with van der Waals surface area (Å²) in [6, 6.07) is 0.749. The van der Waals surface area contributed by atoms with Crippen molar-refractivity contribution in [3.05, 3.63) is 12.2 Å². The van der Waals surface area contributed by atoms with Crippen molar-refractivity contribution in [1.82, 2.24) is 5.32 Å². The minimum Gasteiger partial charge on any atom is -0.310 e. The molecule has 0 aromatic rings. The third-order valence-electron chi connectivity index (χ3n) is 2.41. The van der Waals surface area contributed by atoms with E-state index < -0.39 is 0 Å². The van der Waals surface area contributed by atoms with Gasteiger partial charge in [-0.1, -0.05) is 12.2 Å². The fourth-order valence-corrected chi connectivity index (χ4v) is 2.45. The summed E-state index contributed by atoms with van der Waals surface area (Å²) in [6.07, 6.45) is 6.29. The van der Waals surface area contributed by atoms with Gasteiger partial charge in [-0.15, -0.1) is 0 Å². The lowest BCUT2D eigenvalue weighted by molar-refractivity contribution is 0.551. The standard InChI is InChI=1S/C10H19NS/c1-8(2)7-11-9-4-5-10(6-9)12-3/h9-11H,1,4-7H2,2-3H3. The van der Waals surface area contributed by atoms with E-state index in [1.54, 1.807) is 0 Å². The van der Waals surface area contributed by atoms with E-state index in [1.807, 2.05) is 11.8 Å². The second-order valence-corrected chi connectivity index (χ2v) is 4.84. The largest absolute Gasteiger partial charge is 0.310 e. The average Bonchev–Trinajstić information content (AvgIpc) is 2.48. The van der Waals surface area contributed by atoms with Crippen LogP contribution in [-0.2, 0) is 0 Å². The maximum Gasteiger partial charge on any atom is 0.0161 e. The third-order valence-corrected chi connectivity index (χ3v) is 3.51. The van der Waals surface area contributed by atoms with Gasteiger partial charge in [0.25, 0.3) is 0 Å². The Bertz CT molecular complexity index is 156. The van der Waals surface area contributed by atoms with Crippen molar-refractivity contribution in [2.24, 2.45) is 0 Å². The molecule has 0 amide bonds. The van der Waals surface area contributed by atoms with Crippen LogP contribution in [0.1, 0.15) is 26.2 Å². The zero-order valence-electron chi connectivity index (χ0n) is 8.10. The highest BCUT2D eigenvalue weighted by Crippen LogP contribution is 2.27. The molecular formula is C10H19NS. The van der Waals surface area contributed by atoms with Crippen LogP contribution in [-0.4, -0.2) is 24.1 Å². The first-order chi connectivity index (χ1) is 5.72. The third kappa shape index (κ3) is 3.20. The molecule has 0 aliphatic heterocycles. The van der Waals surface area contributed by atoms with Crippen molar-refractivity contribution < 1.29 is 0 Å². The Hall–Kier alpha value is 0.0500. The van der Waals surface area contributed by atoms with Crippen LogP contribution in [0.4, 0.5) is 0 Å². The van der Waals surface area contributed by atoms with Gasteiger partial charge < -0.3 is 5.32 Å². The molecule has 0 saturated heterocycles. The van der Waals surface area contributed by atoms with Gasteiger partial charge in [0.2, 0.25) is 0 Å². The summed E-state index contributed by atoms with van der Waals surface area (Å²) >= 11 is 2.01. The molecule has 12 heavy (non-hydrogen) atoms. The summed E-state index contributed by atoms with van der Waals surface area (Å²) in [4.78, 5) is 0. The lowest BCUT2D eigenvalue weighted by Gasteiger charge is -2.11. The minimum atomic E-state index is 0.749. The van der Waals surface area contributed by atoms with Crippen LogP contribution in [0.2, 0.25) is 0 Å². The Labute approximate surface area is 80.0 Å². The van der Waals surface area contributed by atoms with Gasteiger partial charge in [0.1, 0.15) is 0 Å². The Kier molecular flexibility index (Phi) is 4.16. The SMILES string of the molecule is C=C(C)CNC1CCC(SC)C1. The molecular weight excluding hydrogens is 166 g/mol. The molecule has 2 unspecified atom stereocenters. The number of thioether (sulfide) groups is 1. The van der Waals surface area contributed by atoms with Crippen LogP contribution in [0.25, 0.3) is 0 Å². The highest BCUT2D eigenvalue weighted by molar-refractivity contribution is 7.99. The maximum absolute atomic E-state index is 3.89. The zero-order valence-corrected chi connectivity index (χ0v) is 8.91. The lowest BCUT2D eigenvalue weighted by atomic mass is 10.2. The smallest absolute Gasteiger partial charge is 0.0161 e. The van der Waals surface area contributed by atoms with Crippen LogP contribution in [0.3, 0.4) is 0 Å². The van der Waals surface area contributed by atoms with E-state index >= 15 is 0 Å². The highest BCUT2D eigenvalue weighted by atomic mass is 32.2. The molecule has 1 N–H and O–H groups in total. The molecule has 0 bridgehead atoms. The van der Waals surface area contributed by atoms with E-state index in [4.69, 9.17) is 0 Å². The van der Waals surface area contributed by atoms with Gasteiger partial charge in [-0.2, -0.15) is 11.8 Å². The summed E-state index contributed by atoms with van der Waals surface area (Å²) in [6.45, 7) is 6.96. The fraction of sp³-hybridized carbons (Fsp3) is 0.800. The van der Waals surface area contributed by atoms with E-state index in [9.17, 15) is 0 Å². The quantitative estimate of drug-likeness (QED) is 0.675. The number of hydrogen-bond donors (Lipinski definition) is 1. The van der Waals surface area contributed by atoms with Crippen LogP contribution < -0.4 is 5.32 Å². The van der Waals surface area contributed by atoms with Gasteiger partial charge in [0, 0.05) is 17.8 Å². The number of hydrogen-bond acceptors (Lipinski definition) is 2. The van der Waals surface area contributed by atoms with Gasteiger partial charge >= 0.3 is 0 Å².